The van der Waals surface area contributed by atoms with E-state index in [1.54, 1.807) is 20.8 Å². The third-order valence-electron chi connectivity index (χ3n) is 3.43. The molecule has 1 aliphatic heterocycles. The predicted molar refractivity (Wildman–Crippen MR) is 81.6 cm³/mol. The maximum Gasteiger partial charge on any atom is 0.410 e. The van der Waals surface area contributed by atoms with E-state index in [4.69, 9.17) is 4.74 Å². The Kier molecular flexibility index (Phi) is 4.84. The molecule has 1 unspecified atom stereocenters. The quantitative estimate of drug-likeness (QED) is 0.667. The Morgan fingerprint density at radius 3 is 2.78 bits per heavy atom. The van der Waals surface area contributed by atoms with Crippen LogP contribution < -0.4 is 5.32 Å². The van der Waals surface area contributed by atoms with Crippen LogP contribution >= 0.6 is 0 Å². The van der Waals surface area contributed by atoms with Crippen molar-refractivity contribution in [2.24, 2.45) is 0 Å². The molecule has 1 atom stereocenters. The highest BCUT2D eigenvalue weighted by Gasteiger charge is 2.36. The number of ether oxygens (including phenoxy) is 1. The summed E-state index contributed by atoms with van der Waals surface area (Å²) in [5.41, 5.74) is -1.14. The fourth-order valence-electron chi connectivity index (χ4n) is 2.52. The highest BCUT2D eigenvalue weighted by molar-refractivity contribution is 5.69. The van der Waals surface area contributed by atoms with E-state index in [-0.39, 0.29) is 24.3 Å². The number of amides is 1. The first-order valence-electron chi connectivity index (χ1n) is 7.34. The molecule has 7 nitrogen and oxygen atoms in total. The minimum absolute atomic E-state index is 0.101. The number of nitrogens with zero attached hydrogens (tertiary/aromatic N) is 2. The van der Waals surface area contributed by atoms with Gasteiger partial charge in [-0.3, -0.25) is 15.0 Å². The molecule has 0 radical (unpaired) electrons. The van der Waals surface area contributed by atoms with E-state index in [0.717, 1.165) is 6.07 Å². The van der Waals surface area contributed by atoms with Crippen molar-refractivity contribution >= 4 is 11.8 Å². The molecule has 0 aliphatic carbocycles. The van der Waals surface area contributed by atoms with Gasteiger partial charge in [-0.25, -0.2) is 9.18 Å². The van der Waals surface area contributed by atoms with Gasteiger partial charge in [-0.2, -0.15) is 0 Å². The molecule has 0 aromatic heterocycles. The number of nitro benzene ring substituents is 1. The molecular weight excluding hydrogens is 305 g/mol. The lowest BCUT2D eigenvalue weighted by atomic mass is 10.0. The maximum atomic E-state index is 14.3. The van der Waals surface area contributed by atoms with Crippen LogP contribution in [-0.2, 0) is 4.74 Å². The predicted octanol–water partition coefficient (Wildman–Crippen LogP) is 2.62. The molecule has 1 saturated heterocycles. The molecule has 1 N–H and O–H groups in total. The normalized spacial score (nSPS) is 18.6. The molecule has 1 amide bonds. The number of halogens is 1. The van der Waals surface area contributed by atoms with Gasteiger partial charge in [0.2, 0.25) is 0 Å². The molecule has 126 valence electrons. The molecule has 0 bridgehead atoms. The second-order valence-electron chi connectivity index (χ2n) is 6.32. The molecule has 1 aromatic carbocycles. The van der Waals surface area contributed by atoms with E-state index in [9.17, 15) is 19.3 Å². The zero-order valence-corrected chi connectivity index (χ0v) is 13.3. The number of benzene rings is 1. The maximum absolute atomic E-state index is 14.3. The third-order valence-corrected chi connectivity index (χ3v) is 3.43. The topological polar surface area (TPSA) is 84.7 Å². The lowest BCUT2D eigenvalue weighted by Gasteiger charge is -2.37. The number of hydrogen-bond donors (Lipinski definition) is 1. The molecule has 2 rings (SSSR count). The second kappa shape index (κ2) is 6.49. The number of hydrogen-bond acceptors (Lipinski definition) is 5. The first kappa shape index (κ1) is 17.1. The van der Waals surface area contributed by atoms with E-state index in [2.05, 4.69) is 5.32 Å². The van der Waals surface area contributed by atoms with E-state index >= 15 is 0 Å². The van der Waals surface area contributed by atoms with Crippen molar-refractivity contribution in [3.63, 3.8) is 0 Å². The van der Waals surface area contributed by atoms with Crippen molar-refractivity contribution in [2.45, 2.75) is 32.4 Å². The molecule has 1 fully saturated rings. The van der Waals surface area contributed by atoms with Gasteiger partial charge in [-0.05, 0) is 26.8 Å². The van der Waals surface area contributed by atoms with Crippen molar-refractivity contribution in [3.05, 3.63) is 39.7 Å². The van der Waals surface area contributed by atoms with E-state index < -0.39 is 28.5 Å². The summed E-state index contributed by atoms with van der Waals surface area (Å²) < 4.78 is 19.6. The van der Waals surface area contributed by atoms with Gasteiger partial charge < -0.3 is 10.1 Å². The fraction of sp³-hybridized carbons (Fsp3) is 0.533. The molecule has 8 heteroatoms. The average molecular weight is 325 g/mol. The fourth-order valence-corrected chi connectivity index (χ4v) is 2.52. The summed E-state index contributed by atoms with van der Waals surface area (Å²) in [5.74, 6) is -0.707. The Balaban J connectivity index is 2.40. The van der Waals surface area contributed by atoms with Crippen LogP contribution in [0.5, 0.6) is 0 Å². The van der Waals surface area contributed by atoms with Gasteiger partial charge in [0.25, 0.3) is 5.69 Å². The first-order valence-corrected chi connectivity index (χ1v) is 7.34. The monoisotopic (exact) mass is 325 g/mol. The number of piperazine rings is 1. The smallest absolute Gasteiger partial charge is 0.410 e. The van der Waals surface area contributed by atoms with E-state index in [1.807, 2.05) is 0 Å². The van der Waals surface area contributed by atoms with Crippen molar-refractivity contribution in [3.8, 4) is 0 Å². The van der Waals surface area contributed by atoms with Gasteiger partial charge >= 0.3 is 6.09 Å². The van der Waals surface area contributed by atoms with Gasteiger partial charge in [0.15, 0.2) is 0 Å². The van der Waals surface area contributed by atoms with Gasteiger partial charge in [0.1, 0.15) is 11.4 Å². The minimum Gasteiger partial charge on any atom is -0.444 e. The summed E-state index contributed by atoms with van der Waals surface area (Å²) >= 11 is 0. The zero-order valence-electron chi connectivity index (χ0n) is 13.3. The largest absolute Gasteiger partial charge is 0.444 e. The molecule has 0 spiro atoms. The van der Waals surface area contributed by atoms with E-state index in [0.29, 0.717) is 6.54 Å². The Morgan fingerprint density at radius 2 is 2.17 bits per heavy atom. The standard InChI is InChI=1S/C15H20FN3O4/c1-15(2,3)23-14(20)18-8-7-17-9-12(18)13-10(16)5-4-6-11(13)19(21)22/h4-6,12,17H,7-9H2,1-3H3. The van der Waals surface area contributed by atoms with E-state index in [1.165, 1.54) is 17.0 Å². The summed E-state index contributed by atoms with van der Waals surface area (Å²) in [6, 6.07) is 2.88. The summed E-state index contributed by atoms with van der Waals surface area (Å²) in [6.45, 7) is 6.21. The number of nitrogens with one attached hydrogen (secondary N) is 1. The SMILES string of the molecule is CC(C)(C)OC(=O)N1CCNCC1c1c(F)cccc1[N+](=O)[O-]. The zero-order chi connectivity index (χ0) is 17.2. The highest BCUT2D eigenvalue weighted by atomic mass is 19.1. The van der Waals surface area contributed by atoms with Gasteiger partial charge in [0, 0.05) is 25.7 Å². The van der Waals surface area contributed by atoms with Crippen LogP contribution in [0, 0.1) is 15.9 Å². The van der Waals surface area contributed by atoms with Crippen LogP contribution in [0.1, 0.15) is 32.4 Å². The van der Waals surface area contributed by atoms with Gasteiger partial charge in [-0.15, -0.1) is 0 Å². The number of carbonyl (C=O) groups is 1. The molecule has 1 aromatic rings. The molecule has 1 heterocycles. The molecule has 0 saturated carbocycles. The second-order valence-corrected chi connectivity index (χ2v) is 6.32. The molecular formula is C15H20FN3O4. The number of rotatable bonds is 2. The van der Waals surface area contributed by atoms with Crippen molar-refractivity contribution < 1.29 is 18.8 Å². The highest BCUT2D eigenvalue weighted by Crippen LogP contribution is 2.33. The summed E-state index contributed by atoms with van der Waals surface area (Å²) in [5, 5.41) is 14.2. The van der Waals surface area contributed by atoms with Gasteiger partial charge in [0.05, 0.1) is 16.5 Å². The molecule has 1 aliphatic rings. The Morgan fingerprint density at radius 1 is 1.48 bits per heavy atom. The van der Waals surface area contributed by atoms with Crippen molar-refractivity contribution in [1.82, 2.24) is 10.2 Å². The van der Waals surface area contributed by atoms with Crippen LogP contribution in [-0.4, -0.2) is 41.2 Å². The van der Waals surface area contributed by atoms with Crippen LogP contribution in [0.15, 0.2) is 18.2 Å². The minimum atomic E-state index is -0.791. The third kappa shape index (κ3) is 3.95. The van der Waals surface area contributed by atoms with Crippen LogP contribution in [0.2, 0.25) is 0 Å². The average Bonchev–Trinajstić information content (AvgIpc) is 2.45. The lowest BCUT2D eigenvalue weighted by Crippen LogP contribution is -2.50. The molecule has 23 heavy (non-hydrogen) atoms. The summed E-state index contributed by atoms with van der Waals surface area (Å²) in [7, 11) is 0. The Hall–Kier alpha value is -2.22. The van der Waals surface area contributed by atoms with Crippen LogP contribution in [0.3, 0.4) is 0 Å². The van der Waals surface area contributed by atoms with Crippen LogP contribution in [0.25, 0.3) is 0 Å². The number of nitro groups is 1. The van der Waals surface area contributed by atoms with Crippen molar-refractivity contribution in [2.75, 3.05) is 19.6 Å². The summed E-state index contributed by atoms with van der Waals surface area (Å²) in [4.78, 5) is 24.3. The first-order chi connectivity index (χ1) is 10.7. The Bertz CT molecular complexity index is 615. The Labute approximate surface area is 133 Å². The lowest BCUT2D eigenvalue weighted by molar-refractivity contribution is -0.386. The number of carbonyl (C=O) groups excluding carboxylic acids is 1. The van der Waals surface area contributed by atoms with Crippen molar-refractivity contribution in [1.29, 1.82) is 0 Å². The van der Waals surface area contributed by atoms with Crippen LogP contribution in [0.4, 0.5) is 14.9 Å². The summed E-state index contributed by atoms with van der Waals surface area (Å²) in [6.07, 6.45) is -0.610. The van der Waals surface area contributed by atoms with Gasteiger partial charge in [-0.1, -0.05) is 6.07 Å².